The maximum Gasteiger partial charge on any atom is 0.297 e. The molecular formula is C13H14N4O2. The van der Waals surface area contributed by atoms with Gasteiger partial charge in [-0.05, 0) is 37.1 Å². The molecule has 3 rings (SSSR count). The van der Waals surface area contributed by atoms with Gasteiger partial charge in [0.25, 0.3) is 5.91 Å². The van der Waals surface area contributed by atoms with Gasteiger partial charge >= 0.3 is 0 Å². The molecule has 0 radical (unpaired) electrons. The zero-order valence-corrected chi connectivity index (χ0v) is 10.5. The van der Waals surface area contributed by atoms with Crippen molar-refractivity contribution >= 4 is 11.6 Å². The lowest BCUT2D eigenvalue weighted by atomic mass is 10.3. The van der Waals surface area contributed by atoms with Crippen LogP contribution in [0.15, 0.2) is 24.3 Å². The van der Waals surface area contributed by atoms with Crippen molar-refractivity contribution in [3.8, 4) is 5.75 Å². The molecule has 0 bridgehead atoms. The molecule has 1 amide bonds. The molecule has 6 heteroatoms. The van der Waals surface area contributed by atoms with Gasteiger partial charge in [-0.15, -0.1) is 5.10 Å². The molecule has 2 N–H and O–H groups in total. The lowest BCUT2D eigenvalue weighted by molar-refractivity contribution is 0.0983. The predicted molar refractivity (Wildman–Crippen MR) is 69.2 cm³/mol. The lowest BCUT2D eigenvalue weighted by Gasteiger charge is -2.15. The third-order valence-electron chi connectivity index (χ3n) is 3.20. The summed E-state index contributed by atoms with van der Waals surface area (Å²) in [6.45, 7) is 0. The summed E-state index contributed by atoms with van der Waals surface area (Å²) < 4.78 is 0. The number of nitrogens with zero attached hydrogens (tertiary/aromatic N) is 3. The van der Waals surface area contributed by atoms with Crippen molar-refractivity contribution in [2.45, 2.75) is 18.8 Å². The van der Waals surface area contributed by atoms with E-state index in [2.05, 4.69) is 15.2 Å². The smallest absolute Gasteiger partial charge is 0.297 e. The number of hydrogen-bond donors (Lipinski definition) is 2. The molecule has 19 heavy (non-hydrogen) atoms. The molecule has 0 spiro atoms. The van der Waals surface area contributed by atoms with Crippen LogP contribution in [0.1, 0.15) is 35.2 Å². The molecule has 98 valence electrons. The summed E-state index contributed by atoms with van der Waals surface area (Å²) >= 11 is 0. The van der Waals surface area contributed by atoms with Crippen molar-refractivity contribution < 1.29 is 9.90 Å². The van der Waals surface area contributed by atoms with E-state index in [1.165, 1.54) is 17.0 Å². The highest BCUT2D eigenvalue weighted by Crippen LogP contribution is 2.37. The summed E-state index contributed by atoms with van der Waals surface area (Å²) in [6, 6.07) is 6.41. The number of H-pyrrole nitrogens is 1. The first-order valence-corrected chi connectivity index (χ1v) is 6.14. The van der Waals surface area contributed by atoms with E-state index >= 15 is 0 Å². The molecule has 1 fully saturated rings. The third-order valence-corrected chi connectivity index (χ3v) is 3.20. The molecule has 1 aromatic heterocycles. The number of amides is 1. The van der Waals surface area contributed by atoms with Gasteiger partial charge in [0.2, 0.25) is 5.82 Å². The standard InChI is InChI=1S/C13H14N4O2/c1-17(9-4-6-10(18)7-5-9)13(19)12-14-11(15-16-12)8-2-3-8/h4-8,18H,2-3H2,1H3,(H,14,15,16). The largest absolute Gasteiger partial charge is 0.508 e. The van der Waals surface area contributed by atoms with E-state index in [9.17, 15) is 9.90 Å². The maximum atomic E-state index is 12.2. The van der Waals surface area contributed by atoms with Crippen LogP contribution < -0.4 is 4.90 Å². The summed E-state index contributed by atoms with van der Waals surface area (Å²) in [7, 11) is 1.65. The monoisotopic (exact) mass is 258 g/mol. The molecule has 0 saturated heterocycles. The number of aromatic nitrogens is 3. The zero-order valence-electron chi connectivity index (χ0n) is 10.5. The summed E-state index contributed by atoms with van der Waals surface area (Å²) in [4.78, 5) is 17.9. The van der Waals surface area contributed by atoms with Crippen LogP contribution in [0.5, 0.6) is 5.75 Å². The van der Waals surface area contributed by atoms with E-state index < -0.39 is 0 Å². The number of aromatic hydroxyl groups is 1. The minimum atomic E-state index is -0.270. The summed E-state index contributed by atoms with van der Waals surface area (Å²) in [5, 5.41) is 16.0. The van der Waals surface area contributed by atoms with E-state index in [0.717, 1.165) is 18.7 Å². The molecule has 2 aromatic rings. The van der Waals surface area contributed by atoms with Crippen LogP contribution >= 0.6 is 0 Å². The first-order valence-electron chi connectivity index (χ1n) is 6.14. The molecule has 0 atom stereocenters. The molecular weight excluding hydrogens is 244 g/mol. The second-order valence-corrected chi connectivity index (χ2v) is 4.70. The number of carbonyl (C=O) groups excluding carboxylic acids is 1. The number of phenolic OH excluding ortho intramolecular Hbond substituents is 1. The van der Waals surface area contributed by atoms with Gasteiger partial charge in [0.15, 0.2) is 0 Å². The number of carbonyl (C=O) groups is 1. The van der Waals surface area contributed by atoms with E-state index in [4.69, 9.17) is 0 Å². The van der Waals surface area contributed by atoms with Gasteiger partial charge in [0.1, 0.15) is 11.6 Å². The minimum Gasteiger partial charge on any atom is -0.508 e. The Kier molecular flexibility index (Phi) is 2.70. The first-order chi connectivity index (χ1) is 9.15. The Morgan fingerprint density at radius 2 is 2.05 bits per heavy atom. The second-order valence-electron chi connectivity index (χ2n) is 4.70. The van der Waals surface area contributed by atoms with E-state index in [0.29, 0.717) is 11.6 Å². The van der Waals surface area contributed by atoms with Crippen LogP contribution in [0.25, 0.3) is 0 Å². The van der Waals surface area contributed by atoms with Gasteiger partial charge in [0.05, 0.1) is 0 Å². The van der Waals surface area contributed by atoms with Crippen molar-refractivity contribution in [2.24, 2.45) is 0 Å². The summed E-state index contributed by atoms with van der Waals surface area (Å²) in [5.41, 5.74) is 0.681. The van der Waals surface area contributed by atoms with E-state index in [1.54, 1.807) is 19.2 Å². The second kappa shape index (κ2) is 4.38. The Hall–Kier alpha value is -2.37. The van der Waals surface area contributed by atoms with E-state index in [1.807, 2.05) is 0 Å². The number of benzene rings is 1. The van der Waals surface area contributed by atoms with Gasteiger partial charge in [-0.1, -0.05) is 0 Å². The van der Waals surface area contributed by atoms with Gasteiger partial charge in [-0.25, -0.2) is 4.98 Å². The number of aromatic amines is 1. The molecule has 1 saturated carbocycles. The van der Waals surface area contributed by atoms with E-state index in [-0.39, 0.29) is 17.5 Å². The zero-order chi connectivity index (χ0) is 13.4. The van der Waals surface area contributed by atoms with Crippen molar-refractivity contribution in [1.82, 2.24) is 15.2 Å². The fourth-order valence-electron chi connectivity index (χ4n) is 1.85. The summed E-state index contributed by atoms with van der Waals surface area (Å²) in [6.07, 6.45) is 2.22. The highest BCUT2D eigenvalue weighted by Gasteiger charge is 2.28. The molecule has 1 aliphatic carbocycles. The van der Waals surface area contributed by atoms with Crippen LogP contribution in [0.2, 0.25) is 0 Å². The highest BCUT2D eigenvalue weighted by molar-refractivity contribution is 6.03. The van der Waals surface area contributed by atoms with Crippen LogP contribution in [-0.4, -0.2) is 33.2 Å². The molecule has 0 aliphatic heterocycles. The van der Waals surface area contributed by atoms with Gasteiger partial charge in [0, 0.05) is 18.7 Å². The fourth-order valence-corrected chi connectivity index (χ4v) is 1.85. The average Bonchev–Trinajstić information content (AvgIpc) is 3.16. The Bertz CT molecular complexity index is 601. The minimum absolute atomic E-state index is 0.165. The molecule has 0 unspecified atom stereocenters. The van der Waals surface area contributed by atoms with Gasteiger partial charge in [-0.2, -0.15) is 0 Å². The van der Waals surface area contributed by atoms with Gasteiger partial charge in [-0.3, -0.25) is 9.89 Å². The Morgan fingerprint density at radius 1 is 1.37 bits per heavy atom. The predicted octanol–water partition coefficient (Wildman–Crippen LogP) is 1.66. The van der Waals surface area contributed by atoms with Gasteiger partial charge < -0.3 is 10.0 Å². The van der Waals surface area contributed by atoms with Crippen molar-refractivity contribution in [1.29, 1.82) is 0 Å². The highest BCUT2D eigenvalue weighted by atomic mass is 16.3. The number of rotatable bonds is 3. The van der Waals surface area contributed by atoms with Crippen LogP contribution in [0.3, 0.4) is 0 Å². The quantitative estimate of drug-likeness (QED) is 0.877. The normalized spacial score (nSPS) is 14.4. The number of hydrogen-bond acceptors (Lipinski definition) is 4. The Morgan fingerprint density at radius 3 is 2.68 bits per heavy atom. The topological polar surface area (TPSA) is 82.1 Å². The molecule has 1 aromatic carbocycles. The lowest BCUT2D eigenvalue weighted by Crippen LogP contribution is -2.27. The van der Waals surface area contributed by atoms with Crippen molar-refractivity contribution in [2.75, 3.05) is 11.9 Å². The molecule has 1 aliphatic rings. The number of anilines is 1. The third kappa shape index (κ3) is 2.29. The van der Waals surface area contributed by atoms with Crippen molar-refractivity contribution in [3.63, 3.8) is 0 Å². The molecule has 1 heterocycles. The van der Waals surface area contributed by atoms with Crippen LogP contribution in [-0.2, 0) is 0 Å². The fraction of sp³-hybridized carbons (Fsp3) is 0.308. The first kappa shape index (κ1) is 11.7. The summed E-state index contributed by atoms with van der Waals surface area (Å²) in [5.74, 6) is 1.31. The van der Waals surface area contributed by atoms with Crippen LogP contribution in [0.4, 0.5) is 5.69 Å². The maximum absolute atomic E-state index is 12.2. The van der Waals surface area contributed by atoms with Crippen LogP contribution in [0, 0.1) is 0 Å². The number of nitrogens with one attached hydrogen (secondary N) is 1. The average molecular weight is 258 g/mol. The Balaban J connectivity index is 1.79. The number of phenols is 1. The van der Waals surface area contributed by atoms with Crippen molar-refractivity contribution in [3.05, 3.63) is 35.9 Å². The molecule has 6 nitrogen and oxygen atoms in total. The Labute approximate surface area is 110 Å². The SMILES string of the molecule is CN(C(=O)c1n[nH]c(C2CC2)n1)c1ccc(O)cc1.